The highest BCUT2D eigenvalue weighted by atomic mass is 32.1. The fourth-order valence-electron chi connectivity index (χ4n) is 3.34. The minimum absolute atomic E-state index is 0.0395. The zero-order valence-corrected chi connectivity index (χ0v) is 15.9. The van der Waals surface area contributed by atoms with E-state index in [0.29, 0.717) is 12.5 Å². The maximum absolute atomic E-state index is 12.8. The second-order valence-corrected chi connectivity index (χ2v) is 8.20. The van der Waals surface area contributed by atoms with Crippen LogP contribution in [0.25, 0.3) is 0 Å². The summed E-state index contributed by atoms with van der Waals surface area (Å²) in [7, 11) is 0. The van der Waals surface area contributed by atoms with Crippen LogP contribution in [-0.2, 0) is 12.7 Å². The summed E-state index contributed by atoms with van der Waals surface area (Å²) in [6.07, 6.45) is -0.503. The van der Waals surface area contributed by atoms with Gasteiger partial charge in [-0.1, -0.05) is 6.07 Å². The van der Waals surface area contributed by atoms with Crippen LogP contribution in [0.3, 0.4) is 0 Å². The van der Waals surface area contributed by atoms with Crippen molar-refractivity contribution in [2.45, 2.75) is 32.5 Å². The normalized spacial score (nSPS) is 18.4. The van der Waals surface area contributed by atoms with E-state index in [-0.39, 0.29) is 5.56 Å². The maximum Gasteiger partial charge on any atom is 0.416 e. The van der Waals surface area contributed by atoms with Crippen molar-refractivity contribution < 1.29 is 18.0 Å². The second kappa shape index (κ2) is 8.39. The molecule has 8 heteroatoms. The molecule has 1 N–H and O–H groups in total. The molecule has 0 spiro atoms. The van der Waals surface area contributed by atoms with E-state index in [4.69, 9.17) is 0 Å². The summed E-state index contributed by atoms with van der Waals surface area (Å²) in [6, 6.07) is 4.53. The van der Waals surface area contributed by atoms with Crippen molar-refractivity contribution in [1.29, 1.82) is 0 Å². The molecule has 146 valence electrons. The van der Waals surface area contributed by atoms with Crippen molar-refractivity contribution >= 4 is 17.2 Å². The van der Waals surface area contributed by atoms with Crippen LogP contribution in [0.1, 0.15) is 38.6 Å². The van der Waals surface area contributed by atoms with Gasteiger partial charge in [0.1, 0.15) is 0 Å². The number of nitrogens with one attached hydrogen (secondary N) is 1. The summed E-state index contributed by atoms with van der Waals surface area (Å²) >= 11 is 1.69. The zero-order chi connectivity index (χ0) is 19.4. The Bertz CT molecular complexity index is 791. The first-order valence-electron chi connectivity index (χ1n) is 8.90. The smallest absolute Gasteiger partial charge is 0.352 e. The van der Waals surface area contributed by atoms with Gasteiger partial charge in [-0.2, -0.15) is 13.2 Å². The van der Waals surface area contributed by atoms with Crippen LogP contribution in [0.15, 0.2) is 30.5 Å². The quantitative estimate of drug-likeness (QED) is 0.826. The Labute approximate surface area is 160 Å². The first kappa shape index (κ1) is 19.8. The molecule has 1 atom stereocenters. The van der Waals surface area contributed by atoms with E-state index < -0.39 is 17.6 Å². The number of piperidine rings is 1. The molecular formula is C19H22F3N3OS. The molecule has 1 fully saturated rings. The molecule has 27 heavy (non-hydrogen) atoms. The summed E-state index contributed by atoms with van der Waals surface area (Å²) in [5, 5.41) is 3.84. The lowest BCUT2D eigenvalue weighted by atomic mass is 9.97. The molecule has 1 aliphatic rings. The van der Waals surface area contributed by atoms with Crippen LogP contribution in [0.4, 0.5) is 13.2 Å². The lowest BCUT2D eigenvalue weighted by Crippen LogP contribution is -2.40. The predicted molar refractivity (Wildman–Crippen MR) is 98.6 cm³/mol. The van der Waals surface area contributed by atoms with Crippen molar-refractivity contribution in [2.24, 2.45) is 5.92 Å². The number of amides is 1. The van der Waals surface area contributed by atoms with E-state index in [1.54, 1.807) is 11.3 Å². The van der Waals surface area contributed by atoms with E-state index in [9.17, 15) is 18.0 Å². The number of halogens is 3. The molecular weight excluding hydrogens is 375 g/mol. The number of rotatable bonds is 5. The number of aromatic nitrogens is 1. The second-order valence-electron chi connectivity index (χ2n) is 6.88. The number of hydrogen-bond acceptors (Lipinski definition) is 4. The van der Waals surface area contributed by atoms with Gasteiger partial charge in [-0.05, 0) is 50.4 Å². The fourth-order valence-corrected chi connectivity index (χ4v) is 4.17. The topological polar surface area (TPSA) is 45.2 Å². The molecule has 1 aliphatic heterocycles. The van der Waals surface area contributed by atoms with Gasteiger partial charge in [0, 0.05) is 36.3 Å². The van der Waals surface area contributed by atoms with Crippen LogP contribution in [0.5, 0.6) is 0 Å². The van der Waals surface area contributed by atoms with Crippen LogP contribution < -0.4 is 5.32 Å². The van der Waals surface area contributed by atoms with Crippen LogP contribution >= 0.6 is 11.3 Å². The van der Waals surface area contributed by atoms with Gasteiger partial charge >= 0.3 is 6.18 Å². The number of carbonyl (C=O) groups is 1. The highest BCUT2D eigenvalue weighted by molar-refractivity contribution is 7.11. The van der Waals surface area contributed by atoms with Crippen molar-refractivity contribution in [2.75, 3.05) is 19.6 Å². The number of carbonyl (C=O) groups excluding carboxylic acids is 1. The molecule has 2 heterocycles. The minimum atomic E-state index is -4.45. The Morgan fingerprint density at radius 3 is 2.93 bits per heavy atom. The lowest BCUT2D eigenvalue weighted by Gasteiger charge is -2.32. The molecule has 1 aromatic carbocycles. The molecule has 0 saturated carbocycles. The van der Waals surface area contributed by atoms with E-state index in [0.717, 1.165) is 49.6 Å². The van der Waals surface area contributed by atoms with Gasteiger partial charge in [-0.15, -0.1) is 11.3 Å². The summed E-state index contributed by atoms with van der Waals surface area (Å²) in [5.41, 5.74) is -0.767. The van der Waals surface area contributed by atoms with Gasteiger partial charge in [0.25, 0.3) is 5.91 Å². The number of benzene rings is 1. The van der Waals surface area contributed by atoms with Crippen LogP contribution in [0, 0.1) is 12.8 Å². The number of aryl methyl sites for hydroxylation is 1. The summed E-state index contributed by atoms with van der Waals surface area (Å²) in [5.74, 6) is -0.168. The van der Waals surface area contributed by atoms with Crippen molar-refractivity contribution in [3.8, 4) is 0 Å². The number of thiazole rings is 1. The molecule has 0 aliphatic carbocycles. The van der Waals surface area contributed by atoms with E-state index >= 15 is 0 Å². The number of nitrogens with zero attached hydrogens (tertiary/aromatic N) is 2. The molecule has 0 radical (unpaired) electrons. The SMILES string of the molecule is Cc1ncc(CN2CCC[C@H](CNC(=O)c3cccc(C(F)(F)F)c3)C2)s1. The summed E-state index contributed by atoms with van der Waals surface area (Å²) < 4.78 is 38.4. The monoisotopic (exact) mass is 397 g/mol. The third-order valence-corrected chi connectivity index (χ3v) is 5.55. The van der Waals surface area contributed by atoms with Gasteiger partial charge in [-0.3, -0.25) is 9.69 Å². The van der Waals surface area contributed by atoms with Crippen LogP contribution in [-0.4, -0.2) is 35.4 Å². The highest BCUT2D eigenvalue weighted by Gasteiger charge is 2.31. The molecule has 3 rings (SSSR count). The number of alkyl halides is 3. The van der Waals surface area contributed by atoms with Gasteiger partial charge < -0.3 is 5.32 Å². The largest absolute Gasteiger partial charge is 0.416 e. The zero-order valence-electron chi connectivity index (χ0n) is 15.1. The Morgan fingerprint density at radius 2 is 2.22 bits per heavy atom. The predicted octanol–water partition coefficient (Wildman–Crippen LogP) is 4.11. The van der Waals surface area contributed by atoms with Gasteiger partial charge in [0.05, 0.1) is 10.6 Å². The first-order chi connectivity index (χ1) is 12.8. The first-order valence-corrected chi connectivity index (χ1v) is 9.72. The Balaban J connectivity index is 1.52. The third kappa shape index (κ3) is 5.52. The molecule has 0 unspecified atom stereocenters. The van der Waals surface area contributed by atoms with E-state index in [1.807, 2.05) is 13.1 Å². The minimum Gasteiger partial charge on any atom is -0.352 e. The average Bonchev–Trinajstić information content (AvgIpc) is 3.04. The Kier molecular flexibility index (Phi) is 6.16. The number of likely N-dealkylation sites (tertiary alicyclic amines) is 1. The van der Waals surface area contributed by atoms with E-state index in [1.165, 1.54) is 17.0 Å². The maximum atomic E-state index is 12.8. The Morgan fingerprint density at radius 1 is 1.41 bits per heavy atom. The molecule has 4 nitrogen and oxygen atoms in total. The van der Waals surface area contributed by atoms with Crippen molar-refractivity contribution in [1.82, 2.24) is 15.2 Å². The third-order valence-electron chi connectivity index (χ3n) is 4.66. The van der Waals surface area contributed by atoms with Crippen LogP contribution in [0.2, 0.25) is 0 Å². The average molecular weight is 397 g/mol. The molecule has 1 amide bonds. The molecule has 0 bridgehead atoms. The van der Waals surface area contributed by atoms with Gasteiger partial charge in [-0.25, -0.2) is 4.98 Å². The summed E-state index contributed by atoms with van der Waals surface area (Å²) in [4.78, 5) is 20.1. The van der Waals surface area contributed by atoms with Crippen molar-refractivity contribution in [3.63, 3.8) is 0 Å². The van der Waals surface area contributed by atoms with E-state index in [2.05, 4.69) is 15.2 Å². The lowest BCUT2D eigenvalue weighted by molar-refractivity contribution is -0.137. The van der Waals surface area contributed by atoms with Gasteiger partial charge in [0.15, 0.2) is 0 Å². The molecule has 1 aromatic heterocycles. The number of hydrogen-bond donors (Lipinski definition) is 1. The standard InChI is InChI=1S/C19H22F3N3OS/c1-13-23-10-17(27-13)12-25-7-3-4-14(11-25)9-24-18(26)15-5-2-6-16(8-15)19(20,21)22/h2,5-6,8,10,14H,3-4,7,9,11-12H2,1H3,(H,24,26)/t14-/m1/s1. The molecule has 2 aromatic rings. The molecule has 1 saturated heterocycles. The van der Waals surface area contributed by atoms with Gasteiger partial charge in [0.2, 0.25) is 0 Å². The highest BCUT2D eigenvalue weighted by Crippen LogP contribution is 2.29. The van der Waals surface area contributed by atoms with Crippen molar-refractivity contribution in [3.05, 3.63) is 51.5 Å². The Hall–Kier alpha value is -1.93. The fraction of sp³-hybridized carbons (Fsp3) is 0.474. The summed E-state index contributed by atoms with van der Waals surface area (Å²) in [6.45, 7) is 5.17.